The lowest BCUT2D eigenvalue weighted by molar-refractivity contribution is -0.122. The zero-order valence-electron chi connectivity index (χ0n) is 8.73. The molecule has 1 unspecified atom stereocenters. The third-order valence-electron chi connectivity index (χ3n) is 3.27. The Bertz CT molecular complexity index is 560. The van der Waals surface area contributed by atoms with Gasteiger partial charge in [0.1, 0.15) is 12.0 Å². The molecule has 1 aliphatic rings. The Kier molecular flexibility index (Phi) is 1.92. The summed E-state index contributed by atoms with van der Waals surface area (Å²) < 4.78 is 0. The van der Waals surface area contributed by atoms with Gasteiger partial charge < -0.3 is 10.7 Å². The third-order valence-corrected chi connectivity index (χ3v) is 3.27. The molecule has 0 fully saturated rings. The van der Waals surface area contributed by atoms with Crippen molar-refractivity contribution in [1.29, 1.82) is 0 Å². The Hall–Kier alpha value is -1.91. The Morgan fingerprint density at radius 1 is 1.56 bits per heavy atom. The maximum absolute atomic E-state index is 11.2. The summed E-state index contributed by atoms with van der Waals surface area (Å²) in [5.41, 5.74) is 8.54. The first-order valence-electron chi connectivity index (χ1n) is 5.34. The van der Waals surface area contributed by atoms with Crippen molar-refractivity contribution >= 4 is 16.9 Å². The third kappa shape index (κ3) is 1.28. The molecule has 0 aromatic carbocycles. The fourth-order valence-electron chi connectivity index (χ4n) is 2.39. The van der Waals surface area contributed by atoms with Crippen LogP contribution in [-0.2, 0) is 17.6 Å². The number of carbonyl (C=O) groups is 1. The van der Waals surface area contributed by atoms with Crippen LogP contribution in [0.25, 0.3) is 11.0 Å². The van der Waals surface area contributed by atoms with E-state index >= 15 is 0 Å². The summed E-state index contributed by atoms with van der Waals surface area (Å²) in [5, 5.41) is 1.02. The number of fused-ring (bicyclic) bond motifs is 3. The second kappa shape index (κ2) is 3.30. The molecule has 0 bridgehead atoms. The topological polar surface area (TPSA) is 84.7 Å². The lowest BCUT2D eigenvalue weighted by Crippen LogP contribution is -2.28. The Morgan fingerprint density at radius 3 is 3.25 bits per heavy atom. The van der Waals surface area contributed by atoms with E-state index in [0.717, 1.165) is 29.4 Å². The number of carbonyl (C=O) groups excluding carboxylic acids is 1. The highest BCUT2D eigenvalue weighted by Gasteiger charge is 2.26. The molecule has 2 aromatic heterocycles. The molecule has 2 aromatic rings. The first-order chi connectivity index (χ1) is 7.75. The number of H-pyrrole nitrogens is 1. The lowest BCUT2D eigenvalue weighted by atomic mass is 9.86. The first kappa shape index (κ1) is 9.33. The number of aromatic nitrogens is 3. The Labute approximate surface area is 92.1 Å². The Balaban J connectivity index is 2.11. The number of rotatable bonds is 1. The molecule has 0 saturated carbocycles. The van der Waals surface area contributed by atoms with E-state index in [0.29, 0.717) is 6.42 Å². The Morgan fingerprint density at radius 2 is 2.44 bits per heavy atom. The molecule has 2 heterocycles. The molecule has 1 aliphatic carbocycles. The average molecular weight is 216 g/mol. The van der Waals surface area contributed by atoms with Crippen molar-refractivity contribution in [1.82, 2.24) is 15.0 Å². The van der Waals surface area contributed by atoms with E-state index in [9.17, 15) is 4.79 Å². The van der Waals surface area contributed by atoms with Gasteiger partial charge in [-0.05, 0) is 24.8 Å². The number of primary amides is 1. The second-order valence-electron chi connectivity index (χ2n) is 4.21. The van der Waals surface area contributed by atoms with Gasteiger partial charge in [-0.25, -0.2) is 9.97 Å². The number of hydrogen-bond donors (Lipinski definition) is 2. The number of nitrogens with zero attached hydrogens (tertiary/aromatic N) is 2. The van der Waals surface area contributed by atoms with Gasteiger partial charge in [-0.2, -0.15) is 0 Å². The van der Waals surface area contributed by atoms with Crippen LogP contribution in [0.3, 0.4) is 0 Å². The van der Waals surface area contributed by atoms with Crippen molar-refractivity contribution in [3.63, 3.8) is 0 Å². The lowest BCUT2D eigenvalue weighted by Gasteiger charge is -2.19. The van der Waals surface area contributed by atoms with Crippen molar-refractivity contribution in [2.24, 2.45) is 11.7 Å². The van der Waals surface area contributed by atoms with E-state index in [-0.39, 0.29) is 11.8 Å². The van der Waals surface area contributed by atoms with Gasteiger partial charge in [0.15, 0.2) is 0 Å². The van der Waals surface area contributed by atoms with Gasteiger partial charge in [0.2, 0.25) is 5.91 Å². The van der Waals surface area contributed by atoms with Crippen LogP contribution < -0.4 is 5.73 Å². The minimum atomic E-state index is -0.211. The first-order valence-corrected chi connectivity index (χ1v) is 5.34. The largest absolute Gasteiger partial charge is 0.369 e. The van der Waals surface area contributed by atoms with Crippen molar-refractivity contribution in [3.8, 4) is 0 Å². The number of hydrogen-bond acceptors (Lipinski definition) is 3. The van der Waals surface area contributed by atoms with Crippen LogP contribution in [0, 0.1) is 5.92 Å². The summed E-state index contributed by atoms with van der Waals surface area (Å²) in [6.07, 6.45) is 5.71. The fourth-order valence-corrected chi connectivity index (χ4v) is 2.39. The number of amides is 1. The van der Waals surface area contributed by atoms with Crippen LogP contribution in [0.5, 0.6) is 0 Å². The van der Waals surface area contributed by atoms with Gasteiger partial charge in [0.25, 0.3) is 0 Å². The van der Waals surface area contributed by atoms with Crippen LogP contribution in [0.1, 0.15) is 17.7 Å². The highest BCUT2D eigenvalue weighted by Crippen LogP contribution is 2.30. The molecule has 1 amide bonds. The molecule has 3 rings (SSSR count). The van der Waals surface area contributed by atoms with Crippen molar-refractivity contribution in [2.75, 3.05) is 0 Å². The monoisotopic (exact) mass is 216 g/mol. The summed E-state index contributed by atoms with van der Waals surface area (Å²) in [4.78, 5) is 22.7. The van der Waals surface area contributed by atoms with Gasteiger partial charge in [0, 0.05) is 23.2 Å². The smallest absolute Gasteiger partial charge is 0.220 e. The molecule has 3 N–H and O–H groups in total. The van der Waals surface area contributed by atoms with Gasteiger partial charge in [-0.3, -0.25) is 4.79 Å². The molecule has 82 valence electrons. The summed E-state index contributed by atoms with van der Waals surface area (Å²) in [6.45, 7) is 0. The standard InChI is InChI=1S/C11H12N4O/c12-10(16)6-1-2-9-7(3-6)8-4-13-5-14-11(8)15-9/h4-6H,1-3H2,(H2,12,16)(H,13,14,15). The van der Waals surface area contributed by atoms with Crippen molar-refractivity contribution in [3.05, 3.63) is 23.8 Å². The van der Waals surface area contributed by atoms with Crippen molar-refractivity contribution in [2.45, 2.75) is 19.3 Å². The highest BCUT2D eigenvalue weighted by molar-refractivity contribution is 5.83. The molecule has 1 atom stereocenters. The van der Waals surface area contributed by atoms with Gasteiger partial charge >= 0.3 is 0 Å². The molecule has 0 aliphatic heterocycles. The average Bonchev–Trinajstić information content (AvgIpc) is 2.66. The van der Waals surface area contributed by atoms with Gasteiger partial charge in [0.05, 0.1) is 0 Å². The maximum atomic E-state index is 11.2. The van der Waals surface area contributed by atoms with Crippen LogP contribution in [-0.4, -0.2) is 20.9 Å². The van der Waals surface area contributed by atoms with Crippen molar-refractivity contribution < 1.29 is 4.79 Å². The summed E-state index contributed by atoms with van der Waals surface area (Å²) >= 11 is 0. The molecular formula is C11H12N4O. The van der Waals surface area contributed by atoms with Crippen LogP contribution in [0.4, 0.5) is 0 Å². The van der Waals surface area contributed by atoms with E-state index in [1.54, 1.807) is 6.20 Å². The normalized spacial score (nSPS) is 19.6. The SMILES string of the molecule is NC(=O)C1CCc2[nH]c3ncncc3c2C1. The maximum Gasteiger partial charge on any atom is 0.220 e. The molecule has 0 spiro atoms. The van der Waals surface area contributed by atoms with Crippen LogP contribution >= 0.6 is 0 Å². The molecule has 16 heavy (non-hydrogen) atoms. The van der Waals surface area contributed by atoms with Gasteiger partial charge in [-0.15, -0.1) is 0 Å². The molecular weight excluding hydrogens is 204 g/mol. The molecule has 5 nitrogen and oxygen atoms in total. The van der Waals surface area contributed by atoms with E-state index < -0.39 is 0 Å². The zero-order chi connectivity index (χ0) is 11.1. The van der Waals surface area contributed by atoms with E-state index in [1.165, 1.54) is 12.0 Å². The van der Waals surface area contributed by atoms with E-state index in [4.69, 9.17) is 5.73 Å². The second-order valence-corrected chi connectivity index (χ2v) is 4.21. The summed E-state index contributed by atoms with van der Waals surface area (Å²) in [7, 11) is 0. The number of aryl methyl sites for hydroxylation is 1. The van der Waals surface area contributed by atoms with Crippen LogP contribution in [0.2, 0.25) is 0 Å². The minimum Gasteiger partial charge on any atom is -0.369 e. The highest BCUT2D eigenvalue weighted by atomic mass is 16.1. The summed E-state index contributed by atoms with van der Waals surface area (Å²) in [5.74, 6) is -0.261. The fraction of sp³-hybridized carbons (Fsp3) is 0.364. The number of aromatic amines is 1. The summed E-state index contributed by atoms with van der Waals surface area (Å²) in [6, 6.07) is 0. The van der Waals surface area contributed by atoms with Gasteiger partial charge in [-0.1, -0.05) is 0 Å². The zero-order valence-corrected chi connectivity index (χ0v) is 8.73. The van der Waals surface area contributed by atoms with E-state index in [2.05, 4.69) is 15.0 Å². The quantitative estimate of drug-likeness (QED) is 0.730. The predicted octanol–water partition coefficient (Wildman–Crippen LogP) is 0.548. The molecule has 0 radical (unpaired) electrons. The predicted molar refractivity (Wildman–Crippen MR) is 58.6 cm³/mol. The molecule has 5 heteroatoms. The minimum absolute atomic E-state index is 0.0493. The van der Waals surface area contributed by atoms with Crippen LogP contribution in [0.15, 0.2) is 12.5 Å². The number of nitrogens with two attached hydrogens (primary N) is 1. The molecule has 0 saturated heterocycles. The number of nitrogens with one attached hydrogen (secondary N) is 1. The van der Waals surface area contributed by atoms with E-state index in [1.807, 2.05) is 0 Å².